The molecule has 0 aliphatic carbocycles. The Labute approximate surface area is 159 Å². The molecule has 0 radical (unpaired) electrons. The van der Waals surface area contributed by atoms with Gasteiger partial charge in [0.05, 0.1) is 19.8 Å². The van der Waals surface area contributed by atoms with Gasteiger partial charge < -0.3 is 15.4 Å². The molecule has 0 atom stereocenters. The number of aliphatic imine (C=N–C) groups is 1. The van der Waals surface area contributed by atoms with Crippen LogP contribution >= 0.6 is 0 Å². The molecule has 0 amide bonds. The van der Waals surface area contributed by atoms with Crippen molar-refractivity contribution in [2.75, 3.05) is 39.4 Å². The second-order valence-electron chi connectivity index (χ2n) is 7.37. The summed E-state index contributed by atoms with van der Waals surface area (Å²) in [5.74, 6) is 1.67. The van der Waals surface area contributed by atoms with Crippen molar-refractivity contribution >= 4 is 5.96 Å². The van der Waals surface area contributed by atoms with Crippen molar-refractivity contribution in [3.63, 3.8) is 0 Å². The summed E-state index contributed by atoms with van der Waals surface area (Å²) in [6, 6.07) is 8.79. The molecule has 146 valence electrons. The zero-order chi connectivity index (χ0) is 18.6. The maximum absolute atomic E-state index is 5.43. The van der Waals surface area contributed by atoms with Crippen LogP contribution in [0, 0.1) is 5.92 Å². The second kappa shape index (κ2) is 11.9. The molecule has 0 saturated carbocycles. The molecule has 2 N–H and O–H groups in total. The molecule has 1 heterocycles. The molecule has 0 aromatic heterocycles. The van der Waals surface area contributed by atoms with Crippen LogP contribution in [0.4, 0.5) is 0 Å². The van der Waals surface area contributed by atoms with Crippen molar-refractivity contribution in [2.45, 2.75) is 46.7 Å². The first-order chi connectivity index (χ1) is 12.7. The highest BCUT2D eigenvalue weighted by Crippen LogP contribution is 2.11. The number of hydrogen-bond donors (Lipinski definition) is 2. The largest absolute Gasteiger partial charge is 0.379 e. The highest BCUT2D eigenvalue weighted by atomic mass is 16.5. The lowest BCUT2D eigenvalue weighted by atomic mass is 10.1. The van der Waals surface area contributed by atoms with E-state index < -0.39 is 0 Å². The molecule has 0 spiro atoms. The fourth-order valence-electron chi connectivity index (χ4n) is 3.07. The van der Waals surface area contributed by atoms with Crippen LogP contribution in [0.1, 0.15) is 44.7 Å². The number of guanidine groups is 1. The topological polar surface area (TPSA) is 48.9 Å². The predicted molar refractivity (Wildman–Crippen MR) is 109 cm³/mol. The van der Waals surface area contributed by atoms with Crippen molar-refractivity contribution in [3.05, 3.63) is 35.4 Å². The lowest BCUT2D eigenvalue weighted by Crippen LogP contribution is -2.37. The van der Waals surface area contributed by atoms with E-state index in [1.165, 1.54) is 24.0 Å². The number of benzene rings is 1. The van der Waals surface area contributed by atoms with Gasteiger partial charge in [0.1, 0.15) is 0 Å². The monoisotopic (exact) mass is 360 g/mol. The summed E-state index contributed by atoms with van der Waals surface area (Å²) in [5, 5.41) is 6.78. The highest BCUT2D eigenvalue weighted by molar-refractivity contribution is 5.79. The zero-order valence-electron chi connectivity index (χ0n) is 16.8. The summed E-state index contributed by atoms with van der Waals surface area (Å²) in [6.07, 6.45) is 2.42. The number of morpholine rings is 1. The van der Waals surface area contributed by atoms with Gasteiger partial charge in [0.2, 0.25) is 0 Å². The molecular formula is C21H36N4O. The Hall–Kier alpha value is -1.59. The quantitative estimate of drug-likeness (QED) is 0.404. The first-order valence-electron chi connectivity index (χ1n) is 10.1. The molecule has 1 saturated heterocycles. The van der Waals surface area contributed by atoms with Gasteiger partial charge in [0, 0.05) is 32.7 Å². The van der Waals surface area contributed by atoms with Gasteiger partial charge in [-0.2, -0.15) is 0 Å². The minimum Gasteiger partial charge on any atom is -0.379 e. The fourth-order valence-corrected chi connectivity index (χ4v) is 3.07. The SMILES string of the molecule is CCNC(=NCc1cccc(CN2CCOCC2)c1)NCCCC(C)C. The Morgan fingerprint density at radius 1 is 1.19 bits per heavy atom. The minimum absolute atomic E-state index is 0.705. The van der Waals surface area contributed by atoms with Crippen LogP contribution in [0.5, 0.6) is 0 Å². The van der Waals surface area contributed by atoms with Gasteiger partial charge in [-0.15, -0.1) is 0 Å². The minimum atomic E-state index is 0.705. The third-order valence-electron chi connectivity index (χ3n) is 4.52. The lowest BCUT2D eigenvalue weighted by molar-refractivity contribution is 0.0342. The van der Waals surface area contributed by atoms with Crippen molar-refractivity contribution in [2.24, 2.45) is 10.9 Å². The van der Waals surface area contributed by atoms with Crippen molar-refractivity contribution in [1.29, 1.82) is 0 Å². The Kier molecular flexibility index (Phi) is 9.50. The normalized spacial score (nSPS) is 16.1. The van der Waals surface area contributed by atoms with E-state index in [4.69, 9.17) is 9.73 Å². The maximum atomic E-state index is 5.43. The van der Waals surface area contributed by atoms with E-state index in [2.05, 4.69) is 60.6 Å². The van der Waals surface area contributed by atoms with E-state index >= 15 is 0 Å². The second-order valence-corrected chi connectivity index (χ2v) is 7.37. The summed E-state index contributed by atoms with van der Waals surface area (Å²) in [6.45, 7) is 13.9. The highest BCUT2D eigenvalue weighted by Gasteiger charge is 2.10. The van der Waals surface area contributed by atoms with Crippen molar-refractivity contribution in [1.82, 2.24) is 15.5 Å². The van der Waals surface area contributed by atoms with Crippen molar-refractivity contribution in [3.8, 4) is 0 Å². The van der Waals surface area contributed by atoms with Crippen LogP contribution in [-0.2, 0) is 17.8 Å². The van der Waals surface area contributed by atoms with Gasteiger partial charge in [0.25, 0.3) is 0 Å². The van der Waals surface area contributed by atoms with E-state index in [1.807, 2.05) is 0 Å². The van der Waals surface area contributed by atoms with E-state index in [9.17, 15) is 0 Å². The summed E-state index contributed by atoms with van der Waals surface area (Å²) in [7, 11) is 0. The van der Waals surface area contributed by atoms with Crippen LogP contribution < -0.4 is 10.6 Å². The van der Waals surface area contributed by atoms with Gasteiger partial charge in [-0.25, -0.2) is 4.99 Å². The molecule has 0 bridgehead atoms. The molecule has 5 nitrogen and oxygen atoms in total. The smallest absolute Gasteiger partial charge is 0.191 e. The number of nitrogens with one attached hydrogen (secondary N) is 2. The van der Waals surface area contributed by atoms with Crippen LogP contribution in [0.25, 0.3) is 0 Å². The lowest BCUT2D eigenvalue weighted by Gasteiger charge is -2.26. The summed E-state index contributed by atoms with van der Waals surface area (Å²) in [4.78, 5) is 7.20. The van der Waals surface area contributed by atoms with Gasteiger partial charge >= 0.3 is 0 Å². The molecule has 2 rings (SSSR count). The third kappa shape index (κ3) is 8.19. The van der Waals surface area contributed by atoms with E-state index in [0.717, 1.165) is 57.8 Å². The number of rotatable bonds is 9. The summed E-state index contributed by atoms with van der Waals surface area (Å²) >= 11 is 0. The molecule has 26 heavy (non-hydrogen) atoms. The van der Waals surface area contributed by atoms with Crippen LogP contribution in [0.3, 0.4) is 0 Å². The molecule has 5 heteroatoms. The molecular weight excluding hydrogens is 324 g/mol. The zero-order valence-corrected chi connectivity index (χ0v) is 16.8. The number of nitrogens with zero attached hydrogens (tertiary/aromatic N) is 2. The molecule has 1 aromatic carbocycles. The number of ether oxygens (including phenoxy) is 1. The van der Waals surface area contributed by atoms with E-state index in [-0.39, 0.29) is 0 Å². The summed E-state index contributed by atoms with van der Waals surface area (Å²) in [5.41, 5.74) is 2.62. The maximum Gasteiger partial charge on any atom is 0.191 e. The van der Waals surface area contributed by atoms with Crippen LogP contribution in [0.15, 0.2) is 29.3 Å². The molecule has 1 aromatic rings. The molecule has 1 aliphatic heterocycles. The molecule has 1 fully saturated rings. The average Bonchev–Trinajstić information content (AvgIpc) is 2.64. The van der Waals surface area contributed by atoms with Gasteiger partial charge in [-0.1, -0.05) is 38.1 Å². The fraction of sp³-hybridized carbons (Fsp3) is 0.667. The van der Waals surface area contributed by atoms with Crippen molar-refractivity contribution < 1.29 is 4.74 Å². The Balaban J connectivity index is 1.85. The summed E-state index contributed by atoms with van der Waals surface area (Å²) < 4.78 is 5.43. The molecule has 1 aliphatic rings. The first kappa shape index (κ1) is 20.7. The third-order valence-corrected chi connectivity index (χ3v) is 4.52. The van der Waals surface area contributed by atoms with Gasteiger partial charge in [0.15, 0.2) is 5.96 Å². The predicted octanol–water partition coefficient (Wildman–Crippen LogP) is 3.01. The van der Waals surface area contributed by atoms with E-state index in [1.54, 1.807) is 0 Å². The standard InChI is InChI=1S/C21H36N4O/c1-4-22-21(23-10-6-7-18(2)3)24-16-19-8-5-9-20(15-19)17-25-11-13-26-14-12-25/h5,8-9,15,18H,4,6-7,10-14,16-17H2,1-3H3,(H2,22,23,24). The Bertz CT molecular complexity index is 539. The number of hydrogen-bond acceptors (Lipinski definition) is 3. The van der Waals surface area contributed by atoms with Crippen LogP contribution in [-0.4, -0.2) is 50.3 Å². The van der Waals surface area contributed by atoms with Gasteiger partial charge in [-0.3, -0.25) is 4.90 Å². The first-order valence-corrected chi connectivity index (χ1v) is 10.1. The Morgan fingerprint density at radius 2 is 1.96 bits per heavy atom. The molecule has 0 unspecified atom stereocenters. The Morgan fingerprint density at radius 3 is 2.69 bits per heavy atom. The average molecular weight is 361 g/mol. The van der Waals surface area contributed by atoms with Crippen LogP contribution in [0.2, 0.25) is 0 Å². The van der Waals surface area contributed by atoms with Gasteiger partial charge in [-0.05, 0) is 36.8 Å². The van der Waals surface area contributed by atoms with E-state index in [0.29, 0.717) is 6.54 Å².